The number of ketones is 1. The van der Waals surface area contributed by atoms with Crippen LogP contribution in [0.15, 0.2) is 0 Å². The van der Waals surface area contributed by atoms with Crippen LogP contribution < -0.4 is 0 Å². The van der Waals surface area contributed by atoms with Crippen LogP contribution in [0.1, 0.15) is 91.4 Å². The fraction of sp³-hybridized carbons (Fsp3) is 0.960. The Morgan fingerprint density at radius 3 is 2.54 bits per heavy atom. The van der Waals surface area contributed by atoms with Crippen LogP contribution in [0, 0.1) is 39.9 Å². The summed E-state index contributed by atoms with van der Waals surface area (Å²) in [7, 11) is 0. The van der Waals surface area contributed by atoms with Gasteiger partial charge in [0.2, 0.25) is 0 Å². The number of fused-ring (bicyclic) bond motifs is 6. The first-order chi connectivity index (χ1) is 13.3. The van der Waals surface area contributed by atoms with Gasteiger partial charge in [0.25, 0.3) is 0 Å². The predicted molar refractivity (Wildman–Crippen MR) is 108 cm³/mol. The molecule has 0 unspecified atom stereocenters. The molecule has 5 aliphatic carbocycles. The van der Waals surface area contributed by atoms with Gasteiger partial charge in [-0.05, 0) is 87.4 Å². The molecule has 1 N–H and O–H groups in total. The highest BCUT2D eigenvalue weighted by Gasteiger charge is 2.77. The SMILES string of the molecule is CC(=O)[C@@]12CCCC[C@@H]1C[C@H]1[C@@H]3C[C@H]4O[C@]45C[C@@H](O)CC[C@]5(C)[C@H]3CC[C@@]12C. The average molecular weight is 387 g/mol. The van der Waals surface area contributed by atoms with Crippen molar-refractivity contribution in [2.75, 3.05) is 0 Å². The fourth-order valence-corrected chi connectivity index (χ4v) is 10.5. The van der Waals surface area contributed by atoms with Crippen LogP contribution in [0.5, 0.6) is 0 Å². The lowest BCUT2D eigenvalue weighted by Crippen LogP contribution is -2.60. The van der Waals surface area contributed by atoms with Crippen LogP contribution in [0.2, 0.25) is 0 Å². The second kappa shape index (κ2) is 5.44. The number of carbonyl (C=O) groups is 1. The first-order valence-electron chi connectivity index (χ1n) is 12.2. The van der Waals surface area contributed by atoms with E-state index < -0.39 is 0 Å². The number of aliphatic hydroxyl groups excluding tert-OH is 1. The van der Waals surface area contributed by atoms with E-state index in [9.17, 15) is 9.90 Å². The maximum absolute atomic E-state index is 13.2. The number of epoxide rings is 1. The number of hydrogen-bond donors (Lipinski definition) is 1. The normalized spacial score (nSPS) is 62.0. The maximum atomic E-state index is 13.2. The van der Waals surface area contributed by atoms with Gasteiger partial charge in [0, 0.05) is 17.3 Å². The van der Waals surface area contributed by atoms with Gasteiger partial charge in [0.1, 0.15) is 11.4 Å². The summed E-state index contributed by atoms with van der Waals surface area (Å²) in [6.45, 7) is 6.93. The number of aliphatic hydroxyl groups is 1. The molecule has 3 heteroatoms. The Bertz CT molecular complexity index is 719. The molecule has 0 bridgehead atoms. The van der Waals surface area contributed by atoms with Gasteiger partial charge >= 0.3 is 0 Å². The molecule has 3 nitrogen and oxygen atoms in total. The van der Waals surface area contributed by atoms with Gasteiger partial charge < -0.3 is 9.84 Å². The van der Waals surface area contributed by atoms with Gasteiger partial charge in [-0.1, -0.05) is 26.7 Å². The molecule has 1 spiro atoms. The lowest BCUT2D eigenvalue weighted by Gasteiger charge is -2.61. The first kappa shape index (κ1) is 18.4. The van der Waals surface area contributed by atoms with Crippen LogP contribution in [-0.4, -0.2) is 28.7 Å². The fourth-order valence-electron chi connectivity index (χ4n) is 10.5. The minimum absolute atomic E-state index is 0.0246. The molecule has 1 aliphatic heterocycles. The molecule has 0 amide bonds. The Balaban J connectivity index is 1.40. The summed E-state index contributed by atoms with van der Waals surface area (Å²) in [5.41, 5.74) is 0.371. The van der Waals surface area contributed by atoms with E-state index in [0.717, 1.165) is 37.5 Å². The van der Waals surface area contributed by atoms with Crippen LogP contribution >= 0.6 is 0 Å². The molecule has 0 aromatic heterocycles. The third-order valence-electron chi connectivity index (χ3n) is 11.7. The van der Waals surface area contributed by atoms with E-state index in [4.69, 9.17) is 4.74 Å². The largest absolute Gasteiger partial charge is 0.393 e. The van der Waals surface area contributed by atoms with Crippen molar-refractivity contribution in [3.8, 4) is 0 Å². The van der Waals surface area contributed by atoms with Crippen molar-refractivity contribution in [1.82, 2.24) is 0 Å². The zero-order valence-electron chi connectivity index (χ0n) is 18.0. The molecule has 6 aliphatic rings. The van der Waals surface area contributed by atoms with Crippen LogP contribution in [0.3, 0.4) is 0 Å². The summed E-state index contributed by atoms with van der Waals surface area (Å²) in [5, 5.41) is 10.4. The van der Waals surface area contributed by atoms with Crippen molar-refractivity contribution < 1.29 is 14.6 Å². The second-order valence-corrected chi connectivity index (χ2v) is 12.1. The van der Waals surface area contributed by atoms with Crippen molar-refractivity contribution >= 4 is 5.78 Å². The number of Topliss-reactive ketones (excluding diaryl/α,β-unsaturated/α-hetero) is 1. The number of hydrogen-bond acceptors (Lipinski definition) is 3. The van der Waals surface area contributed by atoms with Gasteiger partial charge in [-0.25, -0.2) is 0 Å². The van der Waals surface area contributed by atoms with Gasteiger partial charge in [-0.3, -0.25) is 4.79 Å². The predicted octanol–water partition coefficient (Wildman–Crippen LogP) is 4.90. The summed E-state index contributed by atoms with van der Waals surface area (Å²) in [5.74, 6) is 3.27. The van der Waals surface area contributed by atoms with E-state index in [-0.39, 0.29) is 27.9 Å². The topological polar surface area (TPSA) is 49.8 Å². The average Bonchev–Trinajstić information content (AvgIpc) is 3.27. The zero-order chi connectivity index (χ0) is 19.5. The third-order valence-corrected chi connectivity index (χ3v) is 11.7. The van der Waals surface area contributed by atoms with Crippen molar-refractivity contribution in [1.29, 1.82) is 0 Å². The van der Waals surface area contributed by atoms with E-state index in [1.165, 1.54) is 44.9 Å². The summed E-state index contributed by atoms with van der Waals surface area (Å²) >= 11 is 0. The molecule has 0 aromatic carbocycles. The summed E-state index contributed by atoms with van der Waals surface area (Å²) < 4.78 is 6.48. The van der Waals surface area contributed by atoms with E-state index in [2.05, 4.69) is 13.8 Å². The van der Waals surface area contributed by atoms with Gasteiger partial charge in [0.05, 0.1) is 12.2 Å². The molecule has 1 heterocycles. The molecule has 6 fully saturated rings. The van der Waals surface area contributed by atoms with E-state index in [1.807, 2.05) is 6.92 Å². The van der Waals surface area contributed by atoms with Crippen molar-refractivity contribution in [3.05, 3.63) is 0 Å². The Labute approximate surface area is 170 Å². The number of carbonyl (C=O) groups excluding carboxylic acids is 1. The standard InChI is InChI=1S/C25H38O3/c1-15(26)24-9-5-4-6-16(24)12-20-18-13-21-25(28-21)14-17(27)7-10-23(25,3)19(18)8-11-22(20,24)2/h16-21,27H,4-14H2,1-3H3/t16-,17+,18-,19+,20+,21-,22+,23-,24+,25-/m1/s1. The van der Waals surface area contributed by atoms with Crippen molar-refractivity contribution in [2.24, 2.45) is 39.9 Å². The Kier molecular flexibility index (Phi) is 3.57. The Morgan fingerprint density at radius 1 is 0.964 bits per heavy atom. The minimum atomic E-state index is -0.168. The highest BCUT2D eigenvalue weighted by atomic mass is 16.6. The zero-order valence-corrected chi connectivity index (χ0v) is 18.0. The minimum Gasteiger partial charge on any atom is -0.393 e. The molecular formula is C25H38O3. The summed E-state index contributed by atoms with van der Waals surface area (Å²) in [6.07, 6.45) is 13.1. The lowest BCUT2D eigenvalue weighted by molar-refractivity contribution is -0.154. The number of rotatable bonds is 1. The molecule has 6 rings (SSSR count). The molecule has 1 saturated heterocycles. The highest BCUT2D eigenvalue weighted by molar-refractivity contribution is 5.84. The smallest absolute Gasteiger partial charge is 0.136 e. The molecule has 0 radical (unpaired) electrons. The monoisotopic (exact) mass is 386 g/mol. The molecule has 28 heavy (non-hydrogen) atoms. The van der Waals surface area contributed by atoms with E-state index >= 15 is 0 Å². The number of ether oxygens (including phenoxy) is 1. The molecule has 10 atom stereocenters. The lowest BCUT2D eigenvalue weighted by atomic mass is 9.42. The maximum Gasteiger partial charge on any atom is 0.136 e. The summed E-state index contributed by atoms with van der Waals surface area (Å²) in [6, 6.07) is 0. The summed E-state index contributed by atoms with van der Waals surface area (Å²) in [4.78, 5) is 13.2. The van der Waals surface area contributed by atoms with Crippen molar-refractivity contribution in [3.63, 3.8) is 0 Å². The van der Waals surface area contributed by atoms with Gasteiger partial charge in [-0.2, -0.15) is 0 Å². The molecular weight excluding hydrogens is 348 g/mol. The Morgan fingerprint density at radius 2 is 1.75 bits per heavy atom. The van der Waals surface area contributed by atoms with E-state index in [1.54, 1.807) is 0 Å². The third kappa shape index (κ3) is 1.84. The molecule has 156 valence electrons. The van der Waals surface area contributed by atoms with E-state index in [0.29, 0.717) is 23.7 Å². The molecule has 0 aromatic rings. The first-order valence-corrected chi connectivity index (χ1v) is 12.2. The van der Waals surface area contributed by atoms with Crippen LogP contribution in [0.25, 0.3) is 0 Å². The van der Waals surface area contributed by atoms with Crippen LogP contribution in [0.4, 0.5) is 0 Å². The van der Waals surface area contributed by atoms with Crippen LogP contribution in [-0.2, 0) is 9.53 Å². The van der Waals surface area contributed by atoms with Gasteiger partial charge in [-0.15, -0.1) is 0 Å². The Hall–Kier alpha value is -0.410. The van der Waals surface area contributed by atoms with Crippen molar-refractivity contribution in [2.45, 2.75) is 109 Å². The second-order valence-electron chi connectivity index (χ2n) is 12.1. The molecule has 5 saturated carbocycles. The quantitative estimate of drug-likeness (QED) is 0.652. The van der Waals surface area contributed by atoms with Gasteiger partial charge in [0.15, 0.2) is 0 Å². The highest BCUT2D eigenvalue weighted by Crippen LogP contribution is 2.77.